The van der Waals surface area contributed by atoms with Crippen LogP contribution in [-0.4, -0.2) is 37.5 Å². The van der Waals surface area contributed by atoms with Gasteiger partial charge in [-0.2, -0.15) is 17.6 Å². The molecule has 0 aliphatic heterocycles. The number of aliphatic hydroxyl groups is 1. The van der Waals surface area contributed by atoms with Crippen LogP contribution in [0, 0.1) is 3.57 Å². The molecule has 1 heterocycles. The summed E-state index contributed by atoms with van der Waals surface area (Å²) in [5.41, 5.74) is -0.187. The number of aromatic nitrogens is 1. The molecule has 1 aromatic heterocycles. The molecule has 5 nitrogen and oxygen atoms in total. The Morgan fingerprint density at radius 1 is 1.48 bits per heavy atom. The van der Waals surface area contributed by atoms with E-state index in [4.69, 9.17) is 16.3 Å². The predicted molar refractivity (Wildman–Crippen MR) is 99.5 cm³/mol. The lowest BCUT2D eigenvalue weighted by Crippen LogP contribution is -2.22. The molecule has 11 heteroatoms. The summed E-state index contributed by atoms with van der Waals surface area (Å²) in [5, 5.41) is 8.94. The molecular formula is C14H17ClF3IN2O3S. The maximum absolute atomic E-state index is 12.6. The Balaban J connectivity index is 2.95. The van der Waals surface area contributed by atoms with Gasteiger partial charge in [0, 0.05) is 0 Å². The number of hydrogen-bond acceptors (Lipinski definition) is 4. The Bertz CT molecular complexity index is 670. The lowest BCUT2D eigenvalue weighted by atomic mass is 10.2. The minimum Gasteiger partial charge on any atom is -0.483 e. The fraction of sp³-hybridized carbons (Fsp3) is 0.571. The van der Waals surface area contributed by atoms with Crippen LogP contribution < -0.4 is 4.74 Å². The van der Waals surface area contributed by atoms with E-state index in [1.807, 2.05) is 0 Å². The summed E-state index contributed by atoms with van der Waals surface area (Å²) in [5.74, 6) is 0.0662. The molecule has 0 amide bonds. The van der Waals surface area contributed by atoms with Crippen LogP contribution in [0.3, 0.4) is 0 Å². The van der Waals surface area contributed by atoms with Gasteiger partial charge in [-0.05, 0) is 56.4 Å². The van der Waals surface area contributed by atoms with Gasteiger partial charge >= 0.3 is 6.18 Å². The van der Waals surface area contributed by atoms with Crippen molar-refractivity contribution in [1.82, 2.24) is 4.98 Å². The van der Waals surface area contributed by atoms with Crippen molar-refractivity contribution >= 4 is 50.9 Å². The molecule has 0 aromatic carbocycles. The highest BCUT2D eigenvalue weighted by atomic mass is 127. The van der Waals surface area contributed by atoms with Crippen molar-refractivity contribution in [2.45, 2.75) is 44.7 Å². The average Bonchev–Trinajstić information content (AvgIpc) is 2.43. The van der Waals surface area contributed by atoms with Crippen molar-refractivity contribution in [2.24, 2.45) is 4.40 Å². The van der Waals surface area contributed by atoms with Crippen molar-refractivity contribution in [2.75, 3.05) is 6.61 Å². The summed E-state index contributed by atoms with van der Waals surface area (Å²) in [7, 11) is -1.46. The molecule has 2 unspecified atom stereocenters. The van der Waals surface area contributed by atoms with Crippen LogP contribution in [0.25, 0.3) is 0 Å². The number of pyridine rings is 1. The van der Waals surface area contributed by atoms with Crippen LogP contribution in [0.5, 0.6) is 5.75 Å². The first-order valence-corrected chi connectivity index (χ1v) is 9.49. The third-order valence-corrected chi connectivity index (χ3v) is 5.27. The highest BCUT2D eigenvalue weighted by Crippen LogP contribution is 2.36. The SMILES string of the molecule is CC(COc1c(I)cc(C(O)C(F)(F)F)nc1Cl)=NS(=O)C(C)(C)C. The number of aliphatic hydroxyl groups excluding tert-OH is 1. The fourth-order valence-corrected chi connectivity index (χ4v) is 3.16. The zero-order chi connectivity index (χ0) is 19.6. The standard InChI is InChI=1S/C14H17ClF3IN2O3S/c1-7(21-25(23)13(2,3)4)6-24-10-8(19)5-9(20-12(10)15)11(22)14(16,17)18/h5,11,22H,6H2,1-4H3. The predicted octanol–water partition coefficient (Wildman–Crippen LogP) is 4.24. The summed E-state index contributed by atoms with van der Waals surface area (Å²) in [6, 6.07) is 1.04. The molecule has 2 atom stereocenters. The maximum Gasteiger partial charge on any atom is 0.420 e. The molecule has 0 fully saturated rings. The smallest absolute Gasteiger partial charge is 0.420 e. The summed E-state index contributed by atoms with van der Waals surface area (Å²) < 4.78 is 58.8. The fourth-order valence-electron chi connectivity index (χ4n) is 1.41. The van der Waals surface area contributed by atoms with Gasteiger partial charge in [0.05, 0.1) is 19.7 Å². The number of halogens is 5. The Morgan fingerprint density at radius 2 is 2.04 bits per heavy atom. The first kappa shape index (κ1) is 22.6. The topological polar surface area (TPSA) is 71.8 Å². The monoisotopic (exact) mass is 512 g/mol. The zero-order valence-corrected chi connectivity index (χ0v) is 17.5. The number of alkyl halides is 3. The second kappa shape index (κ2) is 8.49. The van der Waals surface area contributed by atoms with E-state index in [1.165, 1.54) is 0 Å². The van der Waals surface area contributed by atoms with Crippen LogP contribution in [0.4, 0.5) is 13.2 Å². The third kappa shape index (κ3) is 6.65. The molecule has 0 spiro atoms. The average molecular weight is 513 g/mol. The first-order chi connectivity index (χ1) is 11.2. The molecular weight excluding hydrogens is 496 g/mol. The number of hydrogen-bond donors (Lipinski definition) is 1. The van der Waals surface area contributed by atoms with Crippen molar-refractivity contribution in [3.8, 4) is 5.75 Å². The first-order valence-electron chi connectivity index (χ1n) is 6.93. The van der Waals surface area contributed by atoms with E-state index < -0.39 is 33.7 Å². The molecule has 25 heavy (non-hydrogen) atoms. The molecule has 0 saturated heterocycles. The second-order valence-electron chi connectivity index (χ2n) is 6.07. The summed E-state index contributed by atoms with van der Waals surface area (Å²) in [4.78, 5) is 3.54. The van der Waals surface area contributed by atoms with Gasteiger partial charge in [-0.3, -0.25) is 0 Å². The Kier molecular flexibility index (Phi) is 7.67. The minimum atomic E-state index is -4.85. The minimum absolute atomic E-state index is 0.0552. The van der Waals surface area contributed by atoms with Crippen LogP contribution in [-0.2, 0) is 11.0 Å². The van der Waals surface area contributed by atoms with Crippen molar-refractivity contribution in [3.05, 3.63) is 20.5 Å². The lowest BCUT2D eigenvalue weighted by molar-refractivity contribution is -0.208. The maximum atomic E-state index is 12.6. The zero-order valence-electron chi connectivity index (χ0n) is 13.8. The van der Waals surface area contributed by atoms with Crippen LogP contribution >= 0.6 is 34.2 Å². The summed E-state index contributed by atoms with van der Waals surface area (Å²) in [6.45, 7) is 6.87. The number of ether oxygens (including phenoxy) is 1. The molecule has 0 saturated carbocycles. The second-order valence-corrected chi connectivity index (χ2v) is 9.50. The van der Waals surface area contributed by atoms with Gasteiger partial charge in [-0.25, -0.2) is 9.19 Å². The van der Waals surface area contributed by atoms with Gasteiger partial charge in [0.25, 0.3) is 0 Å². The van der Waals surface area contributed by atoms with Gasteiger partial charge < -0.3 is 9.84 Å². The molecule has 0 aliphatic rings. The molecule has 142 valence electrons. The van der Waals surface area contributed by atoms with Gasteiger partial charge in [-0.15, -0.1) is 0 Å². The quantitative estimate of drug-likeness (QED) is 0.364. The van der Waals surface area contributed by atoms with Gasteiger partial charge in [0.1, 0.15) is 17.6 Å². The Morgan fingerprint density at radius 3 is 2.48 bits per heavy atom. The van der Waals surface area contributed by atoms with E-state index in [9.17, 15) is 22.5 Å². The van der Waals surface area contributed by atoms with Crippen LogP contribution in [0.15, 0.2) is 10.5 Å². The van der Waals surface area contributed by atoms with E-state index in [-0.39, 0.29) is 21.1 Å². The highest BCUT2D eigenvalue weighted by Gasteiger charge is 2.41. The van der Waals surface area contributed by atoms with E-state index in [0.717, 1.165) is 6.07 Å². The van der Waals surface area contributed by atoms with E-state index in [2.05, 4.69) is 9.38 Å². The van der Waals surface area contributed by atoms with Gasteiger partial charge in [0.15, 0.2) is 17.0 Å². The normalized spacial score (nSPS) is 15.8. The summed E-state index contributed by atoms with van der Waals surface area (Å²) >= 11 is 7.60. The molecule has 0 aliphatic carbocycles. The van der Waals surface area contributed by atoms with E-state index in [1.54, 1.807) is 50.3 Å². The largest absolute Gasteiger partial charge is 0.483 e. The Labute approximate surface area is 164 Å². The molecule has 0 radical (unpaired) electrons. The third-order valence-electron chi connectivity index (χ3n) is 2.68. The van der Waals surface area contributed by atoms with Gasteiger partial charge in [-0.1, -0.05) is 11.6 Å². The van der Waals surface area contributed by atoms with Gasteiger partial charge in [0.2, 0.25) is 0 Å². The Hall–Kier alpha value is -0.460. The number of rotatable bonds is 5. The molecule has 1 N–H and O–H groups in total. The highest BCUT2D eigenvalue weighted by molar-refractivity contribution is 14.1. The van der Waals surface area contributed by atoms with E-state index >= 15 is 0 Å². The van der Waals surface area contributed by atoms with Crippen LogP contribution in [0.1, 0.15) is 39.5 Å². The van der Waals surface area contributed by atoms with Crippen molar-refractivity contribution < 1.29 is 27.2 Å². The lowest BCUT2D eigenvalue weighted by Gasteiger charge is -2.17. The van der Waals surface area contributed by atoms with E-state index in [0.29, 0.717) is 5.71 Å². The molecule has 1 rings (SSSR count). The van der Waals surface area contributed by atoms with Crippen molar-refractivity contribution in [3.63, 3.8) is 0 Å². The summed E-state index contributed by atoms with van der Waals surface area (Å²) in [6.07, 6.45) is -7.58. The number of nitrogens with zero attached hydrogens (tertiary/aromatic N) is 2. The van der Waals surface area contributed by atoms with Crippen molar-refractivity contribution in [1.29, 1.82) is 0 Å². The van der Waals surface area contributed by atoms with Crippen LogP contribution in [0.2, 0.25) is 5.15 Å². The molecule has 0 bridgehead atoms. The molecule has 1 aromatic rings.